The third-order valence-corrected chi connectivity index (χ3v) is 9.69. The van der Waals surface area contributed by atoms with E-state index in [4.69, 9.17) is 0 Å². The van der Waals surface area contributed by atoms with E-state index in [-0.39, 0.29) is 23.8 Å². The van der Waals surface area contributed by atoms with Crippen LogP contribution in [0.25, 0.3) is 0 Å². The Hall–Kier alpha value is -1.97. The van der Waals surface area contributed by atoms with Crippen LogP contribution in [0.15, 0.2) is 30.3 Å². The minimum absolute atomic E-state index is 0.0508. The summed E-state index contributed by atoms with van der Waals surface area (Å²) in [6.45, 7) is 2.61. The molecule has 1 unspecified atom stereocenters. The first-order chi connectivity index (χ1) is 16.4. The van der Waals surface area contributed by atoms with Crippen LogP contribution in [0.1, 0.15) is 50.5 Å². The Morgan fingerprint density at radius 3 is 2.24 bits per heavy atom. The molecule has 0 N–H and O–H groups in total. The topological polar surface area (TPSA) is 81.2 Å². The summed E-state index contributed by atoms with van der Waals surface area (Å²) in [6.07, 6.45) is 7.14. The number of nitrogens with zero attached hydrogens (tertiary/aromatic N) is 4. The highest BCUT2D eigenvalue weighted by molar-refractivity contribution is 7.86. The van der Waals surface area contributed by atoms with Gasteiger partial charge < -0.3 is 9.80 Å². The Balaban J connectivity index is 1.29. The van der Waals surface area contributed by atoms with Crippen LogP contribution in [-0.2, 0) is 26.2 Å². The molecule has 1 atom stereocenters. The number of carbonyl (C=O) groups excluding carboxylic acids is 2. The molecule has 1 aromatic carbocycles. The van der Waals surface area contributed by atoms with Gasteiger partial charge in [0.15, 0.2) is 0 Å². The van der Waals surface area contributed by atoms with Crippen molar-refractivity contribution in [3.8, 4) is 0 Å². The molecule has 0 spiro atoms. The SMILES string of the molecule is CN(C1CCCCC1)S(=O)(=O)N1CCN(C(=O)C2CCCN(C(=O)Cc3ccccc3)C2)CC1. The summed E-state index contributed by atoms with van der Waals surface area (Å²) in [5.74, 6) is -0.0956. The number of hydrogen-bond acceptors (Lipinski definition) is 4. The van der Waals surface area contributed by atoms with Gasteiger partial charge in [0, 0.05) is 52.4 Å². The minimum Gasteiger partial charge on any atom is -0.342 e. The number of likely N-dealkylation sites (tertiary alicyclic amines) is 1. The van der Waals surface area contributed by atoms with Crippen molar-refractivity contribution in [2.45, 2.75) is 57.4 Å². The summed E-state index contributed by atoms with van der Waals surface area (Å²) in [5.41, 5.74) is 0.983. The van der Waals surface area contributed by atoms with Crippen LogP contribution in [0.2, 0.25) is 0 Å². The van der Waals surface area contributed by atoms with E-state index in [1.807, 2.05) is 35.2 Å². The van der Waals surface area contributed by atoms with E-state index in [9.17, 15) is 18.0 Å². The number of rotatable bonds is 6. The van der Waals surface area contributed by atoms with Crippen molar-refractivity contribution in [3.05, 3.63) is 35.9 Å². The lowest BCUT2D eigenvalue weighted by Crippen LogP contribution is -2.57. The summed E-state index contributed by atoms with van der Waals surface area (Å²) >= 11 is 0. The van der Waals surface area contributed by atoms with Gasteiger partial charge in [-0.2, -0.15) is 17.0 Å². The zero-order chi connectivity index (χ0) is 24.1. The molecule has 3 aliphatic rings. The van der Waals surface area contributed by atoms with Gasteiger partial charge in [0.25, 0.3) is 10.2 Å². The number of benzene rings is 1. The zero-order valence-electron chi connectivity index (χ0n) is 20.3. The summed E-state index contributed by atoms with van der Waals surface area (Å²) in [7, 11) is -1.81. The summed E-state index contributed by atoms with van der Waals surface area (Å²) in [4.78, 5) is 29.6. The first-order valence-corrected chi connectivity index (χ1v) is 14.1. The fourth-order valence-electron chi connectivity index (χ4n) is 5.50. The average Bonchev–Trinajstić information content (AvgIpc) is 2.89. The second kappa shape index (κ2) is 11.2. The molecule has 34 heavy (non-hydrogen) atoms. The van der Waals surface area contributed by atoms with Crippen LogP contribution in [0.4, 0.5) is 0 Å². The quantitative estimate of drug-likeness (QED) is 0.612. The van der Waals surface area contributed by atoms with Crippen LogP contribution in [0.5, 0.6) is 0 Å². The highest BCUT2D eigenvalue weighted by Crippen LogP contribution is 2.26. The Bertz CT molecular complexity index is 941. The number of piperidine rings is 1. The maximum Gasteiger partial charge on any atom is 0.282 e. The lowest BCUT2D eigenvalue weighted by atomic mass is 9.95. The first-order valence-electron chi connectivity index (χ1n) is 12.7. The van der Waals surface area contributed by atoms with Crippen LogP contribution in [-0.4, -0.2) is 91.0 Å². The zero-order valence-corrected chi connectivity index (χ0v) is 21.1. The van der Waals surface area contributed by atoms with Crippen LogP contribution in [0, 0.1) is 5.92 Å². The third kappa shape index (κ3) is 5.80. The van der Waals surface area contributed by atoms with Crippen molar-refractivity contribution in [1.29, 1.82) is 0 Å². The van der Waals surface area contributed by atoms with E-state index in [0.29, 0.717) is 45.7 Å². The molecule has 2 aliphatic heterocycles. The molecular weight excluding hydrogens is 452 g/mol. The Morgan fingerprint density at radius 1 is 0.882 bits per heavy atom. The molecule has 2 saturated heterocycles. The maximum absolute atomic E-state index is 13.2. The number of amides is 2. The molecule has 1 aliphatic carbocycles. The maximum atomic E-state index is 13.2. The molecule has 0 radical (unpaired) electrons. The Labute approximate surface area is 204 Å². The minimum atomic E-state index is -3.51. The number of piperazine rings is 1. The monoisotopic (exact) mass is 490 g/mol. The Morgan fingerprint density at radius 2 is 1.56 bits per heavy atom. The molecule has 9 heteroatoms. The third-order valence-electron chi connectivity index (χ3n) is 7.65. The molecule has 2 heterocycles. The lowest BCUT2D eigenvalue weighted by Gasteiger charge is -2.40. The summed E-state index contributed by atoms with van der Waals surface area (Å²) in [6, 6.07) is 9.77. The van der Waals surface area contributed by atoms with Crippen molar-refractivity contribution in [3.63, 3.8) is 0 Å². The van der Waals surface area contributed by atoms with E-state index in [2.05, 4.69) is 0 Å². The molecule has 2 amide bonds. The lowest BCUT2D eigenvalue weighted by molar-refractivity contribution is -0.141. The predicted octanol–water partition coefficient (Wildman–Crippen LogP) is 2.12. The van der Waals surface area contributed by atoms with Gasteiger partial charge in [0.05, 0.1) is 12.3 Å². The van der Waals surface area contributed by atoms with Gasteiger partial charge in [-0.15, -0.1) is 0 Å². The molecule has 1 saturated carbocycles. The van der Waals surface area contributed by atoms with E-state index >= 15 is 0 Å². The van der Waals surface area contributed by atoms with E-state index < -0.39 is 10.2 Å². The van der Waals surface area contributed by atoms with Gasteiger partial charge in [-0.25, -0.2) is 0 Å². The average molecular weight is 491 g/mol. The van der Waals surface area contributed by atoms with Crippen LogP contribution >= 0.6 is 0 Å². The first kappa shape index (κ1) is 25.1. The summed E-state index contributed by atoms with van der Waals surface area (Å²) in [5, 5.41) is 0. The van der Waals surface area contributed by atoms with Gasteiger partial charge in [0.2, 0.25) is 11.8 Å². The number of carbonyl (C=O) groups is 2. The molecule has 4 rings (SSSR count). The second-order valence-corrected chi connectivity index (χ2v) is 11.9. The van der Waals surface area contributed by atoms with Crippen molar-refractivity contribution >= 4 is 22.0 Å². The van der Waals surface area contributed by atoms with E-state index in [1.165, 1.54) is 10.7 Å². The molecule has 188 valence electrons. The van der Waals surface area contributed by atoms with Crippen LogP contribution in [0.3, 0.4) is 0 Å². The van der Waals surface area contributed by atoms with Crippen molar-refractivity contribution in [2.24, 2.45) is 5.92 Å². The fraction of sp³-hybridized carbons (Fsp3) is 0.680. The predicted molar refractivity (Wildman–Crippen MR) is 131 cm³/mol. The van der Waals surface area contributed by atoms with Gasteiger partial charge in [0.1, 0.15) is 0 Å². The molecular formula is C25H38N4O4S. The molecule has 0 aromatic heterocycles. The molecule has 0 bridgehead atoms. The molecule has 3 fully saturated rings. The van der Waals surface area contributed by atoms with E-state index in [1.54, 1.807) is 16.3 Å². The number of hydrogen-bond donors (Lipinski definition) is 0. The standard InChI is InChI=1S/C25H38N4O4S/c1-26(23-12-6-3-7-13-23)34(32,33)29-17-15-27(16-18-29)25(31)22-11-8-14-28(20-22)24(30)19-21-9-4-2-5-10-21/h2,4-5,9-10,22-23H,3,6-8,11-20H2,1H3. The van der Waals surface area contributed by atoms with E-state index in [0.717, 1.165) is 44.1 Å². The summed E-state index contributed by atoms with van der Waals surface area (Å²) < 4.78 is 29.4. The van der Waals surface area contributed by atoms with Gasteiger partial charge >= 0.3 is 0 Å². The van der Waals surface area contributed by atoms with Crippen molar-refractivity contribution < 1.29 is 18.0 Å². The second-order valence-electron chi connectivity index (χ2n) is 9.88. The molecule has 8 nitrogen and oxygen atoms in total. The Kier molecular flexibility index (Phi) is 8.26. The van der Waals surface area contributed by atoms with Crippen molar-refractivity contribution in [1.82, 2.24) is 18.4 Å². The van der Waals surface area contributed by atoms with Gasteiger partial charge in [-0.1, -0.05) is 49.6 Å². The van der Waals surface area contributed by atoms with Gasteiger partial charge in [-0.3, -0.25) is 9.59 Å². The molecule has 1 aromatic rings. The van der Waals surface area contributed by atoms with Gasteiger partial charge in [-0.05, 0) is 31.2 Å². The highest BCUT2D eigenvalue weighted by Gasteiger charge is 2.37. The smallest absolute Gasteiger partial charge is 0.282 e. The highest BCUT2D eigenvalue weighted by atomic mass is 32.2. The fourth-order valence-corrected chi connectivity index (χ4v) is 7.08. The van der Waals surface area contributed by atoms with Crippen molar-refractivity contribution in [2.75, 3.05) is 46.3 Å². The van der Waals surface area contributed by atoms with Crippen LogP contribution < -0.4 is 0 Å². The normalized spacial score (nSPS) is 23.3. The largest absolute Gasteiger partial charge is 0.342 e.